The van der Waals surface area contributed by atoms with Crippen LogP contribution in [-0.4, -0.2) is 16.5 Å². The van der Waals surface area contributed by atoms with Gasteiger partial charge in [-0.25, -0.2) is 9.97 Å². The molecule has 3 nitrogen and oxygen atoms in total. The van der Waals surface area contributed by atoms with Crippen LogP contribution < -0.4 is 5.32 Å². The van der Waals surface area contributed by atoms with Gasteiger partial charge < -0.3 is 5.32 Å². The van der Waals surface area contributed by atoms with Crippen LogP contribution in [0.5, 0.6) is 0 Å². The lowest BCUT2D eigenvalue weighted by atomic mass is 9.92. The maximum absolute atomic E-state index is 4.80. The van der Waals surface area contributed by atoms with Crippen molar-refractivity contribution in [2.75, 3.05) is 6.54 Å². The van der Waals surface area contributed by atoms with Gasteiger partial charge >= 0.3 is 0 Å². The largest absolute Gasteiger partial charge is 0.310 e. The molecule has 1 aliphatic rings. The van der Waals surface area contributed by atoms with Crippen molar-refractivity contribution in [3.8, 4) is 0 Å². The molecule has 0 saturated heterocycles. The molecule has 1 N–H and O–H groups in total. The Kier molecular flexibility index (Phi) is 4.66. The van der Waals surface area contributed by atoms with E-state index in [-0.39, 0.29) is 0 Å². The number of hydrogen-bond donors (Lipinski definition) is 1. The molecule has 4 heteroatoms. The van der Waals surface area contributed by atoms with Gasteiger partial charge in [-0.05, 0) is 43.5 Å². The van der Waals surface area contributed by atoms with E-state index in [0.717, 1.165) is 29.7 Å². The molecular weight excluding hydrogens is 326 g/mol. The van der Waals surface area contributed by atoms with E-state index in [1.54, 1.807) is 0 Å². The molecule has 1 unspecified atom stereocenters. The van der Waals surface area contributed by atoms with Gasteiger partial charge in [0.1, 0.15) is 5.82 Å². The Labute approximate surface area is 134 Å². The Morgan fingerprint density at radius 3 is 3.10 bits per heavy atom. The summed E-state index contributed by atoms with van der Waals surface area (Å²) in [5, 5.41) is 3.53. The Balaban J connectivity index is 1.82. The van der Waals surface area contributed by atoms with Crippen molar-refractivity contribution in [1.29, 1.82) is 0 Å². The molecular formula is C17H20BrN3. The molecule has 1 heterocycles. The second kappa shape index (κ2) is 6.67. The van der Waals surface area contributed by atoms with E-state index in [2.05, 4.69) is 51.4 Å². The molecule has 1 aliphatic carbocycles. The Bertz CT molecular complexity index is 627. The molecule has 110 valence electrons. The quantitative estimate of drug-likeness (QED) is 0.915. The normalized spacial score (nSPS) is 17.5. The highest BCUT2D eigenvalue weighted by molar-refractivity contribution is 9.10. The number of nitrogens with zero attached hydrogens (tertiary/aromatic N) is 2. The summed E-state index contributed by atoms with van der Waals surface area (Å²) in [4.78, 5) is 9.39. The van der Waals surface area contributed by atoms with Crippen molar-refractivity contribution in [3.63, 3.8) is 0 Å². The van der Waals surface area contributed by atoms with Crippen LogP contribution in [0, 0.1) is 0 Å². The lowest BCUT2D eigenvalue weighted by Gasteiger charge is -2.25. The number of rotatable bonds is 4. The van der Waals surface area contributed by atoms with E-state index >= 15 is 0 Å². The van der Waals surface area contributed by atoms with Gasteiger partial charge in [0.15, 0.2) is 0 Å². The topological polar surface area (TPSA) is 37.8 Å². The lowest BCUT2D eigenvalue weighted by molar-refractivity contribution is 0.463. The zero-order valence-electron chi connectivity index (χ0n) is 12.3. The van der Waals surface area contributed by atoms with Gasteiger partial charge in [-0.1, -0.05) is 35.0 Å². The van der Waals surface area contributed by atoms with Crippen LogP contribution in [-0.2, 0) is 12.8 Å². The SMILES string of the molecule is CCNC1CCCc2nc(Cc3cccc(Br)c3)ncc21. The van der Waals surface area contributed by atoms with Gasteiger partial charge in [0.2, 0.25) is 0 Å². The number of fused-ring (bicyclic) bond motifs is 1. The number of benzene rings is 1. The summed E-state index contributed by atoms with van der Waals surface area (Å²) in [5.41, 5.74) is 3.76. The fourth-order valence-electron chi connectivity index (χ4n) is 2.96. The van der Waals surface area contributed by atoms with E-state index in [1.165, 1.54) is 29.7 Å². The van der Waals surface area contributed by atoms with Gasteiger partial charge in [0, 0.05) is 34.4 Å². The number of aromatic nitrogens is 2. The fraction of sp³-hybridized carbons (Fsp3) is 0.412. The van der Waals surface area contributed by atoms with Crippen LogP contribution in [0.3, 0.4) is 0 Å². The zero-order chi connectivity index (χ0) is 14.7. The summed E-state index contributed by atoms with van der Waals surface area (Å²) in [5.74, 6) is 0.920. The van der Waals surface area contributed by atoms with Crippen LogP contribution >= 0.6 is 15.9 Å². The molecule has 1 aromatic carbocycles. The highest BCUT2D eigenvalue weighted by Gasteiger charge is 2.21. The predicted molar refractivity (Wildman–Crippen MR) is 88.3 cm³/mol. The maximum atomic E-state index is 4.80. The first-order chi connectivity index (χ1) is 10.3. The molecule has 0 radical (unpaired) electrons. The number of aryl methyl sites for hydroxylation is 1. The van der Waals surface area contributed by atoms with Crippen LogP contribution in [0.2, 0.25) is 0 Å². The summed E-state index contributed by atoms with van der Waals surface area (Å²) in [6.07, 6.45) is 6.29. The Morgan fingerprint density at radius 2 is 2.29 bits per heavy atom. The molecule has 0 saturated carbocycles. The van der Waals surface area contributed by atoms with E-state index in [1.807, 2.05) is 12.3 Å². The van der Waals surface area contributed by atoms with Crippen LogP contribution in [0.25, 0.3) is 0 Å². The first-order valence-electron chi connectivity index (χ1n) is 7.58. The van der Waals surface area contributed by atoms with Crippen molar-refractivity contribution in [3.05, 3.63) is 57.6 Å². The molecule has 2 aromatic rings. The number of nitrogens with one attached hydrogen (secondary N) is 1. The minimum absolute atomic E-state index is 0.429. The molecule has 3 rings (SSSR count). The average Bonchev–Trinajstić information content (AvgIpc) is 2.48. The maximum Gasteiger partial charge on any atom is 0.132 e. The lowest BCUT2D eigenvalue weighted by Crippen LogP contribution is -2.26. The van der Waals surface area contributed by atoms with E-state index in [0.29, 0.717) is 6.04 Å². The van der Waals surface area contributed by atoms with Gasteiger partial charge in [-0.3, -0.25) is 0 Å². The zero-order valence-corrected chi connectivity index (χ0v) is 13.9. The monoisotopic (exact) mass is 345 g/mol. The van der Waals surface area contributed by atoms with E-state index < -0.39 is 0 Å². The molecule has 0 aliphatic heterocycles. The molecule has 21 heavy (non-hydrogen) atoms. The summed E-state index contributed by atoms with van der Waals surface area (Å²) >= 11 is 3.51. The van der Waals surface area contributed by atoms with Crippen molar-refractivity contribution in [1.82, 2.24) is 15.3 Å². The molecule has 0 fully saturated rings. The Hall–Kier alpha value is -1.26. The third kappa shape index (κ3) is 3.50. The van der Waals surface area contributed by atoms with Crippen molar-refractivity contribution >= 4 is 15.9 Å². The van der Waals surface area contributed by atoms with Gasteiger partial charge in [0.25, 0.3) is 0 Å². The minimum Gasteiger partial charge on any atom is -0.310 e. The summed E-state index contributed by atoms with van der Waals surface area (Å²) < 4.78 is 1.10. The van der Waals surface area contributed by atoms with Gasteiger partial charge in [0.05, 0.1) is 0 Å². The molecule has 0 bridgehead atoms. The average molecular weight is 346 g/mol. The third-order valence-electron chi connectivity index (χ3n) is 3.93. The smallest absolute Gasteiger partial charge is 0.132 e. The minimum atomic E-state index is 0.429. The van der Waals surface area contributed by atoms with Gasteiger partial charge in [-0.2, -0.15) is 0 Å². The summed E-state index contributed by atoms with van der Waals surface area (Å²) in [7, 11) is 0. The molecule has 0 spiro atoms. The Morgan fingerprint density at radius 1 is 1.38 bits per heavy atom. The summed E-state index contributed by atoms with van der Waals surface area (Å²) in [6, 6.07) is 8.77. The number of hydrogen-bond acceptors (Lipinski definition) is 3. The van der Waals surface area contributed by atoms with Crippen LogP contribution in [0.15, 0.2) is 34.9 Å². The molecule has 1 atom stereocenters. The third-order valence-corrected chi connectivity index (χ3v) is 4.43. The standard InChI is InChI=1S/C17H20BrN3/c1-2-19-15-7-4-8-16-14(15)11-20-17(21-16)10-12-5-3-6-13(18)9-12/h3,5-6,9,11,15,19H,2,4,7-8,10H2,1H3. The molecule has 0 amide bonds. The first-order valence-corrected chi connectivity index (χ1v) is 8.38. The molecule has 1 aromatic heterocycles. The second-order valence-electron chi connectivity index (χ2n) is 5.50. The summed E-state index contributed by atoms with van der Waals surface area (Å²) in [6.45, 7) is 3.14. The van der Waals surface area contributed by atoms with E-state index in [9.17, 15) is 0 Å². The highest BCUT2D eigenvalue weighted by Crippen LogP contribution is 2.28. The van der Waals surface area contributed by atoms with Crippen LogP contribution in [0.4, 0.5) is 0 Å². The first kappa shape index (κ1) is 14.7. The van der Waals surface area contributed by atoms with Crippen molar-refractivity contribution in [2.45, 2.75) is 38.6 Å². The van der Waals surface area contributed by atoms with Crippen molar-refractivity contribution in [2.24, 2.45) is 0 Å². The predicted octanol–water partition coefficient (Wildman–Crippen LogP) is 3.82. The second-order valence-corrected chi connectivity index (χ2v) is 6.41. The number of halogens is 1. The highest BCUT2D eigenvalue weighted by atomic mass is 79.9. The van der Waals surface area contributed by atoms with Crippen molar-refractivity contribution < 1.29 is 0 Å². The fourth-order valence-corrected chi connectivity index (χ4v) is 3.41. The van der Waals surface area contributed by atoms with Crippen LogP contribution in [0.1, 0.15) is 48.5 Å². The van der Waals surface area contributed by atoms with E-state index in [4.69, 9.17) is 4.98 Å². The van der Waals surface area contributed by atoms with Gasteiger partial charge in [-0.15, -0.1) is 0 Å².